The lowest BCUT2D eigenvalue weighted by Crippen LogP contribution is -2.13. The lowest BCUT2D eigenvalue weighted by atomic mass is 9.85. The van der Waals surface area contributed by atoms with Crippen molar-refractivity contribution in [2.75, 3.05) is 7.11 Å². The van der Waals surface area contributed by atoms with E-state index in [1.54, 1.807) is 13.2 Å². The van der Waals surface area contributed by atoms with Crippen molar-refractivity contribution in [3.8, 4) is 5.75 Å². The summed E-state index contributed by atoms with van der Waals surface area (Å²) in [6.07, 6.45) is 0. The van der Waals surface area contributed by atoms with Crippen molar-refractivity contribution in [3.63, 3.8) is 0 Å². The van der Waals surface area contributed by atoms with Crippen molar-refractivity contribution in [1.82, 2.24) is 0 Å². The predicted octanol–water partition coefficient (Wildman–Crippen LogP) is 3.53. The molecule has 0 aliphatic heterocycles. The van der Waals surface area contributed by atoms with Crippen LogP contribution in [0.15, 0.2) is 18.2 Å². The Bertz CT molecular complexity index is 378. The molecule has 2 nitrogen and oxygen atoms in total. The van der Waals surface area contributed by atoms with Crippen LogP contribution in [0.2, 0.25) is 0 Å². The fourth-order valence-corrected chi connectivity index (χ4v) is 1.66. The van der Waals surface area contributed by atoms with Crippen LogP contribution in [0.25, 0.3) is 0 Å². The molecule has 0 amide bonds. The summed E-state index contributed by atoms with van der Waals surface area (Å²) in [6, 6.07) is 5.45. The summed E-state index contributed by atoms with van der Waals surface area (Å²) in [5.74, 6) is 0.819. The number of benzene rings is 1. The maximum Gasteiger partial charge on any atom is 0.228 e. The molecular formula is C12H15BrO2. The second kappa shape index (κ2) is 4.35. The Morgan fingerprint density at radius 2 is 1.93 bits per heavy atom. The van der Waals surface area contributed by atoms with Crippen LogP contribution in [0.5, 0.6) is 5.75 Å². The van der Waals surface area contributed by atoms with Gasteiger partial charge in [0.1, 0.15) is 5.75 Å². The van der Waals surface area contributed by atoms with Crippen molar-refractivity contribution >= 4 is 20.6 Å². The molecule has 82 valence electrons. The largest absolute Gasteiger partial charge is 0.496 e. The molecule has 1 aromatic carbocycles. The van der Waals surface area contributed by atoms with Gasteiger partial charge in [-0.25, -0.2) is 0 Å². The first-order valence-corrected chi connectivity index (χ1v) is 5.54. The summed E-state index contributed by atoms with van der Waals surface area (Å²) in [5, 5.41) is 0. The summed E-state index contributed by atoms with van der Waals surface area (Å²) < 4.78 is 5.18. The third-order valence-electron chi connectivity index (χ3n) is 2.23. The summed E-state index contributed by atoms with van der Waals surface area (Å²) in [4.78, 5) is 11.2. The molecule has 0 N–H and O–H groups in total. The van der Waals surface area contributed by atoms with Crippen molar-refractivity contribution in [3.05, 3.63) is 29.3 Å². The summed E-state index contributed by atoms with van der Waals surface area (Å²) in [5.41, 5.74) is 1.65. The van der Waals surface area contributed by atoms with Gasteiger partial charge in [-0.2, -0.15) is 0 Å². The van der Waals surface area contributed by atoms with Gasteiger partial charge >= 0.3 is 0 Å². The van der Waals surface area contributed by atoms with E-state index in [2.05, 4.69) is 36.7 Å². The molecule has 0 fully saturated rings. The normalized spacial score (nSPS) is 11.3. The van der Waals surface area contributed by atoms with Crippen LogP contribution in [-0.2, 0) is 5.41 Å². The van der Waals surface area contributed by atoms with Gasteiger partial charge in [-0.15, -0.1) is 0 Å². The third-order valence-corrected chi connectivity index (χ3v) is 2.69. The number of carbonyl (C=O) groups excluding carboxylic acids is 1. The minimum Gasteiger partial charge on any atom is -0.496 e. The Morgan fingerprint density at radius 3 is 2.33 bits per heavy atom. The first-order valence-electron chi connectivity index (χ1n) is 4.74. The molecule has 15 heavy (non-hydrogen) atoms. The number of ether oxygens (including phenoxy) is 1. The van der Waals surface area contributed by atoms with Crippen molar-refractivity contribution in [2.45, 2.75) is 26.2 Å². The zero-order chi connectivity index (χ0) is 11.6. The Labute approximate surface area is 98.8 Å². The topological polar surface area (TPSA) is 26.3 Å². The van der Waals surface area contributed by atoms with Crippen LogP contribution < -0.4 is 4.74 Å². The molecule has 0 aromatic heterocycles. The molecule has 3 heteroatoms. The van der Waals surface area contributed by atoms with Gasteiger partial charge in [0.25, 0.3) is 0 Å². The van der Waals surface area contributed by atoms with Gasteiger partial charge < -0.3 is 4.74 Å². The van der Waals surface area contributed by atoms with Crippen LogP contribution in [-0.4, -0.2) is 11.8 Å². The van der Waals surface area contributed by atoms with Gasteiger partial charge in [0.2, 0.25) is 4.69 Å². The van der Waals surface area contributed by atoms with Crippen LogP contribution >= 0.6 is 15.9 Å². The van der Waals surface area contributed by atoms with Crippen molar-refractivity contribution in [1.29, 1.82) is 0 Å². The van der Waals surface area contributed by atoms with Crippen LogP contribution in [0.3, 0.4) is 0 Å². The minimum atomic E-state index is -0.101. The highest BCUT2D eigenvalue weighted by Crippen LogP contribution is 2.32. The lowest BCUT2D eigenvalue weighted by molar-refractivity contribution is 0.109. The molecular weight excluding hydrogens is 256 g/mol. The third kappa shape index (κ3) is 2.81. The maximum absolute atomic E-state index is 11.2. The molecule has 0 radical (unpaired) electrons. The zero-order valence-electron chi connectivity index (χ0n) is 9.43. The maximum atomic E-state index is 11.2. The Balaban J connectivity index is 3.32. The molecule has 0 aliphatic carbocycles. The number of methoxy groups -OCH3 is 1. The van der Waals surface area contributed by atoms with Crippen LogP contribution in [0.1, 0.15) is 36.7 Å². The van der Waals surface area contributed by atoms with Crippen molar-refractivity contribution < 1.29 is 9.53 Å². The Hall–Kier alpha value is -0.830. The van der Waals surface area contributed by atoms with Crippen LogP contribution in [0.4, 0.5) is 0 Å². The van der Waals surface area contributed by atoms with E-state index in [0.29, 0.717) is 5.56 Å². The number of halogens is 1. The summed E-state index contributed by atoms with van der Waals surface area (Å²) in [7, 11) is 1.64. The van der Waals surface area contributed by atoms with Gasteiger partial charge in [-0.3, -0.25) is 4.79 Å². The minimum absolute atomic E-state index is 0.0379. The monoisotopic (exact) mass is 270 g/mol. The van der Waals surface area contributed by atoms with Gasteiger partial charge in [-0.05, 0) is 39.5 Å². The molecule has 0 saturated carbocycles. The Morgan fingerprint density at radius 1 is 1.33 bits per heavy atom. The zero-order valence-corrected chi connectivity index (χ0v) is 11.0. The van der Waals surface area contributed by atoms with Gasteiger partial charge in [0, 0.05) is 11.1 Å². The number of hydrogen-bond donors (Lipinski definition) is 0. The van der Waals surface area contributed by atoms with E-state index < -0.39 is 0 Å². The number of hydrogen-bond acceptors (Lipinski definition) is 2. The fraction of sp³-hybridized carbons (Fsp3) is 0.417. The highest BCUT2D eigenvalue weighted by molar-refractivity contribution is 9.18. The molecule has 0 heterocycles. The van der Waals surface area contributed by atoms with Gasteiger partial charge in [0.05, 0.1) is 7.11 Å². The SMILES string of the molecule is COc1ccc(C(=O)Br)cc1C(C)(C)C. The highest BCUT2D eigenvalue weighted by atomic mass is 79.9. The second-order valence-corrected chi connectivity index (χ2v) is 5.16. The highest BCUT2D eigenvalue weighted by Gasteiger charge is 2.20. The van der Waals surface area contributed by atoms with E-state index in [4.69, 9.17) is 4.74 Å². The quantitative estimate of drug-likeness (QED) is 0.769. The molecule has 0 saturated heterocycles. The lowest BCUT2D eigenvalue weighted by Gasteiger charge is -2.22. The van der Waals surface area contributed by atoms with E-state index in [0.717, 1.165) is 11.3 Å². The van der Waals surface area contributed by atoms with Crippen molar-refractivity contribution in [2.24, 2.45) is 0 Å². The molecule has 1 aromatic rings. The molecule has 0 spiro atoms. The average molecular weight is 271 g/mol. The molecule has 0 aliphatic rings. The van der Waals surface area contributed by atoms with Gasteiger partial charge in [-0.1, -0.05) is 20.8 Å². The standard InChI is InChI=1S/C12H15BrO2/c1-12(2,3)9-7-8(11(13)14)5-6-10(9)15-4/h5-7H,1-4H3. The van der Waals surface area contributed by atoms with E-state index >= 15 is 0 Å². The van der Waals surface area contributed by atoms with E-state index in [1.165, 1.54) is 0 Å². The smallest absolute Gasteiger partial charge is 0.228 e. The summed E-state index contributed by atoms with van der Waals surface area (Å²) >= 11 is 2.95. The average Bonchev–Trinajstić information content (AvgIpc) is 2.15. The molecule has 0 unspecified atom stereocenters. The predicted molar refractivity (Wildman–Crippen MR) is 65.0 cm³/mol. The molecule has 1 rings (SSSR count). The van der Waals surface area contributed by atoms with Gasteiger partial charge in [0.15, 0.2) is 0 Å². The molecule has 0 atom stereocenters. The summed E-state index contributed by atoms with van der Waals surface area (Å²) in [6.45, 7) is 6.27. The van der Waals surface area contributed by atoms with Crippen LogP contribution in [0, 0.1) is 0 Å². The van der Waals surface area contributed by atoms with E-state index in [-0.39, 0.29) is 10.1 Å². The first kappa shape index (κ1) is 12.2. The number of carbonyl (C=O) groups is 1. The fourth-order valence-electron chi connectivity index (χ4n) is 1.42. The van der Waals surface area contributed by atoms with E-state index in [1.807, 2.05) is 12.1 Å². The molecule has 0 bridgehead atoms. The van der Waals surface area contributed by atoms with E-state index in [9.17, 15) is 4.79 Å². The first-order chi connectivity index (χ1) is 6.86. The number of rotatable bonds is 2. The Kier molecular flexibility index (Phi) is 3.55. The second-order valence-electron chi connectivity index (χ2n) is 4.44.